The summed E-state index contributed by atoms with van der Waals surface area (Å²) in [6.07, 6.45) is 3.76. The standard InChI is InChI=1S/C26H27F2N3O7S/c1-26(39(2,35)36,25(34)30-38-23-5-3-4-10-37-23)8-9-31-15-29-22-13-18(21(28)12-19(22)24(31)33)17-7-6-16(14-32)11-20(17)27/h6-7,11-15,23H,3-5,8-10H2,1-2H3,(H,30,34)/t23?,26-/m1/s1. The summed E-state index contributed by atoms with van der Waals surface area (Å²) in [7, 11) is -3.98. The highest BCUT2D eigenvalue weighted by Gasteiger charge is 2.44. The molecule has 1 N–H and O–H groups in total. The monoisotopic (exact) mass is 563 g/mol. The quantitative estimate of drug-likeness (QED) is 0.310. The van der Waals surface area contributed by atoms with Gasteiger partial charge in [0.15, 0.2) is 20.9 Å². The molecule has 0 saturated carbocycles. The number of aryl methyl sites for hydroxylation is 1. The number of sulfone groups is 1. The van der Waals surface area contributed by atoms with Crippen molar-refractivity contribution in [2.45, 2.75) is 50.2 Å². The van der Waals surface area contributed by atoms with Crippen molar-refractivity contribution in [2.24, 2.45) is 0 Å². The molecule has 208 valence electrons. The summed E-state index contributed by atoms with van der Waals surface area (Å²) in [5, 5.41) is -0.119. The molecule has 10 nitrogen and oxygen atoms in total. The topological polar surface area (TPSA) is 134 Å². The first-order chi connectivity index (χ1) is 18.4. The van der Waals surface area contributed by atoms with E-state index in [1.165, 1.54) is 25.1 Å². The van der Waals surface area contributed by atoms with Gasteiger partial charge in [-0.3, -0.25) is 19.0 Å². The molecule has 1 aliphatic heterocycles. The van der Waals surface area contributed by atoms with Crippen molar-refractivity contribution < 1.29 is 36.4 Å². The van der Waals surface area contributed by atoms with Gasteiger partial charge in [0.05, 0.1) is 17.2 Å². The van der Waals surface area contributed by atoms with Gasteiger partial charge in [0.1, 0.15) is 17.9 Å². The number of hydroxylamine groups is 1. The van der Waals surface area contributed by atoms with Gasteiger partial charge in [0, 0.05) is 42.5 Å². The molecule has 0 bridgehead atoms. The maximum Gasteiger partial charge on any atom is 0.264 e. The Morgan fingerprint density at radius 3 is 2.62 bits per heavy atom. The van der Waals surface area contributed by atoms with Crippen LogP contribution in [0.15, 0.2) is 41.5 Å². The number of hydrogen-bond donors (Lipinski definition) is 1. The fourth-order valence-electron chi connectivity index (χ4n) is 4.20. The molecule has 0 radical (unpaired) electrons. The Morgan fingerprint density at radius 1 is 1.23 bits per heavy atom. The molecule has 2 aromatic carbocycles. The number of hydrogen-bond acceptors (Lipinski definition) is 8. The van der Waals surface area contributed by atoms with E-state index >= 15 is 0 Å². The number of fused-ring (bicyclic) bond motifs is 1. The number of nitrogens with zero attached hydrogens (tertiary/aromatic N) is 2. The van der Waals surface area contributed by atoms with E-state index < -0.39 is 44.0 Å². The summed E-state index contributed by atoms with van der Waals surface area (Å²) in [5.74, 6) is -2.62. The number of amides is 1. The summed E-state index contributed by atoms with van der Waals surface area (Å²) >= 11 is 0. The van der Waals surface area contributed by atoms with Gasteiger partial charge in [0.25, 0.3) is 11.5 Å². The predicted molar refractivity (Wildman–Crippen MR) is 137 cm³/mol. The van der Waals surface area contributed by atoms with Crippen molar-refractivity contribution in [3.05, 3.63) is 64.2 Å². The maximum absolute atomic E-state index is 15.0. The zero-order chi connectivity index (χ0) is 28.4. The van der Waals surface area contributed by atoms with Crippen LogP contribution in [0.2, 0.25) is 0 Å². The average Bonchev–Trinajstić information content (AvgIpc) is 2.91. The average molecular weight is 564 g/mol. The normalized spacial score (nSPS) is 17.5. The Hall–Kier alpha value is -3.55. The van der Waals surface area contributed by atoms with Crippen LogP contribution in [0.5, 0.6) is 0 Å². The van der Waals surface area contributed by atoms with Crippen LogP contribution < -0.4 is 11.0 Å². The third-order valence-corrected chi connectivity index (χ3v) is 8.91. The molecule has 2 heterocycles. The van der Waals surface area contributed by atoms with Crippen LogP contribution in [-0.2, 0) is 30.8 Å². The predicted octanol–water partition coefficient (Wildman–Crippen LogP) is 2.92. The van der Waals surface area contributed by atoms with Crippen molar-refractivity contribution in [3.8, 4) is 11.1 Å². The van der Waals surface area contributed by atoms with E-state index in [1.54, 1.807) is 0 Å². The van der Waals surface area contributed by atoms with Crippen LogP contribution in [-0.4, -0.2) is 54.1 Å². The van der Waals surface area contributed by atoms with Gasteiger partial charge in [-0.1, -0.05) is 12.1 Å². The molecule has 0 spiro atoms. The maximum atomic E-state index is 15.0. The van der Waals surface area contributed by atoms with E-state index in [9.17, 15) is 31.6 Å². The minimum Gasteiger partial charge on any atom is -0.350 e. The van der Waals surface area contributed by atoms with Crippen LogP contribution in [0.3, 0.4) is 0 Å². The Labute approximate surface area is 222 Å². The van der Waals surface area contributed by atoms with E-state index in [-0.39, 0.29) is 40.6 Å². The number of aromatic nitrogens is 2. The number of rotatable bonds is 9. The van der Waals surface area contributed by atoms with Crippen molar-refractivity contribution in [3.63, 3.8) is 0 Å². The molecule has 1 aromatic heterocycles. The highest BCUT2D eigenvalue weighted by atomic mass is 32.2. The second kappa shape index (κ2) is 11.3. The highest BCUT2D eigenvalue weighted by Crippen LogP contribution is 2.29. The van der Waals surface area contributed by atoms with Crippen LogP contribution in [0.4, 0.5) is 8.78 Å². The minimum absolute atomic E-state index is 0.0796. The number of ether oxygens (including phenoxy) is 1. The summed E-state index contributed by atoms with van der Waals surface area (Å²) < 4.78 is 59.1. The van der Waals surface area contributed by atoms with Crippen molar-refractivity contribution >= 4 is 32.9 Å². The molecule has 1 fully saturated rings. The summed E-state index contributed by atoms with van der Waals surface area (Å²) in [6, 6.07) is 5.70. The molecular weight excluding hydrogens is 536 g/mol. The summed E-state index contributed by atoms with van der Waals surface area (Å²) in [4.78, 5) is 46.3. The minimum atomic E-state index is -3.98. The van der Waals surface area contributed by atoms with Crippen LogP contribution in [0.25, 0.3) is 22.0 Å². The Bertz CT molecular complexity index is 1590. The molecule has 3 aromatic rings. The molecule has 13 heteroatoms. The van der Waals surface area contributed by atoms with E-state index in [1.807, 2.05) is 0 Å². The lowest BCUT2D eigenvalue weighted by molar-refractivity contribution is -0.201. The first-order valence-corrected chi connectivity index (χ1v) is 14.0. The molecule has 1 aliphatic rings. The molecule has 4 rings (SSSR count). The van der Waals surface area contributed by atoms with Gasteiger partial charge in [0.2, 0.25) is 0 Å². The molecule has 2 atom stereocenters. The highest BCUT2D eigenvalue weighted by molar-refractivity contribution is 7.92. The number of benzene rings is 2. The smallest absolute Gasteiger partial charge is 0.264 e. The van der Waals surface area contributed by atoms with Gasteiger partial charge in [-0.25, -0.2) is 32.5 Å². The number of halogens is 2. The second-order valence-corrected chi connectivity index (χ2v) is 12.0. The molecule has 39 heavy (non-hydrogen) atoms. The van der Waals surface area contributed by atoms with E-state index in [2.05, 4.69) is 10.5 Å². The third-order valence-electron chi connectivity index (χ3n) is 6.88. The molecule has 0 aliphatic carbocycles. The van der Waals surface area contributed by atoms with Crippen LogP contribution in [0.1, 0.15) is 43.0 Å². The lowest BCUT2D eigenvalue weighted by Crippen LogP contribution is -2.51. The zero-order valence-electron chi connectivity index (χ0n) is 21.3. The molecule has 1 amide bonds. The molecule has 1 saturated heterocycles. The summed E-state index contributed by atoms with van der Waals surface area (Å²) in [6.45, 7) is 1.45. The number of carbonyl (C=O) groups is 2. The number of nitrogens with one attached hydrogen (secondary N) is 1. The van der Waals surface area contributed by atoms with Crippen molar-refractivity contribution in [1.29, 1.82) is 0 Å². The number of aldehydes is 1. The molecule has 1 unspecified atom stereocenters. The fraction of sp³-hybridized carbons (Fsp3) is 0.385. The Kier molecular flexibility index (Phi) is 8.23. The van der Waals surface area contributed by atoms with Gasteiger partial charge in [-0.15, -0.1) is 0 Å². The van der Waals surface area contributed by atoms with E-state index in [0.717, 1.165) is 42.1 Å². The van der Waals surface area contributed by atoms with Gasteiger partial charge in [-0.2, -0.15) is 0 Å². The molecular formula is C26H27F2N3O7S. The third kappa shape index (κ3) is 5.89. The number of carbonyl (C=O) groups excluding carboxylic acids is 2. The zero-order valence-corrected chi connectivity index (χ0v) is 22.1. The van der Waals surface area contributed by atoms with Crippen LogP contribution in [0, 0.1) is 11.6 Å². The van der Waals surface area contributed by atoms with Gasteiger partial charge >= 0.3 is 0 Å². The fourth-order valence-corrected chi connectivity index (χ4v) is 5.04. The Morgan fingerprint density at radius 2 is 1.97 bits per heavy atom. The second-order valence-electron chi connectivity index (χ2n) is 9.55. The lowest BCUT2D eigenvalue weighted by atomic mass is 10.0. The van der Waals surface area contributed by atoms with Crippen molar-refractivity contribution in [1.82, 2.24) is 15.0 Å². The van der Waals surface area contributed by atoms with Gasteiger partial charge in [-0.05, 0) is 44.4 Å². The van der Waals surface area contributed by atoms with E-state index in [0.29, 0.717) is 19.3 Å². The van der Waals surface area contributed by atoms with E-state index in [4.69, 9.17) is 9.57 Å². The Balaban J connectivity index is 1.58. The van der Waals surface area contributed by atoms with Crippen molar-refractivity contribution in [2.75, 3.05) is 12.9 Å². The first kappa shape index (κ1) is 28.5. The van der Waals surface area contributed by atoms with Gasteiger partial charge < -0.3 is 4.74 Å². The largest absolute Gasteiger partial charge is 0.350 e. The van der Waals surface area contributed by atoms with Crippen LogP contribution >= 0.6 is 0 Å². The first-order valence-electron chi connectivity index (χ1n) is 12.2. The SMILES string of the molecule is C[C@@](CCn1cnc2cc(-c3ccc(C=O)cc3F)c(F)cc2c1=O)(C(=O)NOC1CCCCO1)S(C)(=O)=O. The summed E-state index contributed by atoms with van der Waals surface area (Å²) in [5.41, 5.74) is 1.41. The lowest BCUT2D eigenvalue weighted by Gasteiger charge is -2.28.